The molecular formula is C20H33N3O3. The lowest BCUT2D eigenvalue weighted by atomic mass is 9.69. The molecule has 1 aliphatic rings. The lowest BCUT2D eigenvalue weighted by Gasteiger charge is -2.37. The third-order valence-corrected chi connectivity index (χ3v) is 5.09. The van der Waals surface area contributed by atoms with Crippen molar-refractivity contribution in [1.82, 2.24) is 10.6 Å². The van der Waals surface area contributed by atoms with Crippen LogP contribution >= 0.6 is 0 Å². The number of hydrogen-bond donors (Lipinski definition) is 3. The molecule has 1 aromatic carbocycles. The summed E-state index contributed by atoms with van der Waals surface area (Å²) in [4.78, 5) is 4.83. The second-order valence-corrected chi connectivity index (χ2v) is 6.76. The van der Waals surface area contributed by atoms with Crippen LogP contribution in [-0.2, 0) is 5.41 Å². The molecule has 6 nitrogen and oxygen atoms in total. The summed E-state index contributed by atoms with van der Waals surface area (Å²) < 4.78 is 10.9. The molecule has 0 atom stereocenters. The molecule has 2 rings (SSSR count). The highest BCUT2D eigenvalue weighted by Crippen LogP contribution is 2.42. The largest absolute Gasteiger partial charge is 0.493 e. The number of aliphatic hydroxyl groups is 1. The number of benzene rings is 1. The average Bonchev–Trinajstić information content (AvgIpc) is 2.70. The fraction of sp³-hybridized carbons (Fsp3) is 0.650. The molecule has 1 fully saturated rings. The van der Waals surface area contributed by atoms with E-state index in [2.05, 4.69) is 22.8 Å². The molecule has 0 spiro atoms. The van der Waals surface area contributed by atoms with Crippen molar-refractivity contribution < 1.29 is 14.6 Å². The van der Waals surface area contributed by atoms with Gasteiger partial charge in [0.2, 0.25) is 0 Å². The summed E-state index contributed by atoms with van der Waals surface area (Å²) in [5, 5.41) is 15.5. The number of methoxy groups -OCH3 is 2. The van der Waals surface area contributed by atoms with Crippen LogP contribution in [0.15, 0.2) is 23.2 Å². The van der Waals surface area contributed by atoms with Crippen LogP contribution in [0.3, 0.4) is 0 Å². The first-order valence-corrected chi connectivity index (χ1v) is 9.54. The van der Waals surface area contributed by atoms with Crippen LogP contribution in [0.4, 0.5) is 0 Å². The number of guanidine groups is 1. The molecule has 1 saturated carbocycles. The SMILES string of the molecule is CCNC(=NCC1(c2ccc(OC)c(OC)c2)CCCCC1)NCCO. The number of rotatable bonds is 8. The van der Waals surface area contributed by atoms with Gasteiger partial charge in [-0.2, -0.15) is 0 Å². The van der Waals surface area contributed by atoms with E-state index >= 15 is 0 Å². The van der Waals surface area contributed by atoms with Crippen molar-refractivity contribution in [1.29, 1.82) is 0 Å². The van der Waals surface area contributed by atoms with Gasteiger partial charge in [-0.05, 0) is 37.5 Å². The minimum absolute atomic E-state index is 0.0133. The molecule has 0 heterocycles. The predicted octanol–water partition coefficient (Wildman–Crippen LogP) is 2.45. The normalized spacial score (nSPS) is 16.8. The molecule has 0 aromatic heterocycles. The minimum atomic E-state index is 0.0133. The van der Waals surface area contributed by atoms with Crippen LogP contribution < -0.4 is 20.1 Å². The van der Waals surface area contributed by atoms with Crippen molar-refractivity contribution >= 4 is 5.96 Å². The van der Waals surface area contributed by atoms with Crippen molar-refractivity contribution in [2.24, 2.45) is 4.99 Å². The molecule has 0 bridgehead atoms. The number of hydrogen-bond acceptors (Lipinski definition) is 4. The van der Waals surface area contributed by atoms with Crippen molar-refractivity contribution in [2.45, 2.75) is 44.4 Å². The van der Waals surface area contributed by atoms with Crippen LogP contribution in [0.25, 0.3) is 0 Å². The third kappa shape index (κ3) is 5.04. The molecule has 1 aliphatic carbocycles. The first-order chi connectivity index (χ1) is 12.7. The van der Waals surface area contributed by atoms with Gasteiger partial charge in [0.25, 0.3) is 0 Å². The molecule has 146 valence electrons. The molecule has 0 saturated heterocycles. The average molecular weight is 364 g/mol. The van der Waals surface area contributed by atoms with Crippen LogP contribution in [0.1, 0.15) is 44.6 Å². The van der Waals surface area contributed by atoms with Gasteiger partial charge in [0, 0.05) is 18.5 Å². The summed E-state index contributed by atoms with van der Waals surface area (Å²) in [5.74, 6) is 2.28. The van der Waals surface area contributed by atoms with E-state index < -0.39 is 0 Å². The fourth-order valence-corrected chi connectivity index (χ4v) is 3.68. The Hall–Kier alpha value is -1.95. The molecular weight excluding hydrogens is 330 g/mol. The smallest absolute Gasteiger partial charge is 0.191 e. The number of aliphatic imine (C=N–C) groups is 1. The van der Waals surface area contributed by atoms with Crippen LogP contribution in [-0.4, -0.2) is 51.5 Å². The number of aliphatic hydroxyl groups excluding tert-OH is 1. The summed E-state index contributed by atoms with van der Waals surface area (Å²) in [7, 11) is 3.34. The molecule has 0 aliphatic heterocycles. The maximum Gasteiger partial charge on any atom is 0.191 e. The van der Waals surface area contributed by atoms with E-state index in [1.807, 2.05) is 13.0 Å². The van der Waals surface area contributed by atoms with Gasteiger partial charge >= 0.3 is 0 Å². The standard InChI is InChI=1S/C20H33N3O3/c1-4-21-19(22-12-13-24)23-15-20(10-6-5-7-11-20)16-8-9-17(25-2)18(14-16)26-3/h8-9,14,24H,4-7,10-13,15H2,1-3H3,(H2,21,22,23). The van der Waals surface area contributed by atoms with E-state index in [-0.39, 0.29) is 12.0 Å². The van der Waals surface area contributed by atoms with E-state index in [1.165, 1.54) is 24.8 Å². The number of nitrogens with one attached hydrogen (secondary N) is 2. The van der Waals surface area contributed by atoms with Gasteiger partial charge < -0.3 is 25.2 Å². The van der Waals surface area contributed by atoms with Crippen LogP contribution in [0.5, 0.6) is 11.5 Å². The quantitative estimate of drug-likeness (QED) is 0.489. The van der Waals surface area contributed by atoms with Gasteiger partial charge in [0.1, 0.15) is 0 Å². The molecule has 0 amide bonds. The van der Waals surface area contributed by atoms with Crippen molar-refractivity contribution in [3.63, 3.8) is 0 Å². The maximum atomic E-state index is 9.07. The Kier molecular flexibility index (Phi) is 8.04. The zero-order valence-corrected chi connectivity index (χ0v) is 16.3. The predicted molar refractivity (Wildman–Crippen MR) is 105 cm³/mol. The Morgan fingerprint density at radius 1 is 1.12 bits per heavy atom. The Bertz CT molecular complexity index is 584. The number of nitrogens with zero attached hydrogens (tertiary/aromatic N) is 1. The summed E-state index contributed by atoms with van der Waals surface area (Å²) in [6, 6.07) is 6.24. The summed E-state index contributed by atoms with van der Waals surface area (Å²) in [5.41, 5.74) is 1.27. The van der Waals surface area contributed by atoms with Crippen molar-refractivity contribution in [2.75, 3.05) is 40.5 Å². The van der Waals surface area contributed by atoms with E-state index in [4.69, 9.17) is 19.6 Å². The van der Waals surface area contributed by atoms with Crippen molar-refractivity contribution in [3.05, 3.63) is 23.8 Å². The summed E-state index contributed by atoms with van der Waals surface area (Å²) >= 11 is 0. The maximum absolute atomic E-state index is 9.07. The number of ether oxygens (including phenoxy) is 2. The zero-order chi connectivity index (χ0) is 18.8. The van der Waals surface area contributed by atoms with Gasteiger partial charge in [-0.15, -0.1) is 0 Å². The van der Waals surface area contributed by atoms with Gasteiger partial charge in [0.15, 0.2) is 17.5 Å². The van der Waals surface area contributed by atoms with E-state index in [9.17, 15) is 0 Å². The highest BCUT2D eigenvalue weighted by molar-refractivity contribution is 5.79. The van der Waals surface area contributed by atoms with E-state index in [1.54, 1.807) is 14.2 Å². The Morgan fingerprint density at radius 2 is 1.85 bits per heavy atom. The van der Waals surface area contributed by atoms with Crippen LogP contribution in [0.2, 0.25) is 0 Å². The Balaban J connectivity index is 2.30. The van der Waals surface area contributed by atoms with Crippen LogP contribution in [0, 0.1) is 0 Å². The molecule has 3 N–H and O–H groups in total. The lowest BCUT2D eigenvalue weighted by molar-refractivity contribution is 0.295. The van der Waals surface area contributed by atoms with Gasteiger partial charge in [-0.1, -0.05) is 25.3 Å². The van der Waals surface area contributed by atoms with E-state index in [0.717, 1.165) is 36.8 Å². The molecule has 0 unspecified atom stereocenters. The molecule has 6 heteroatoms. The van der Waals surface area contributed by atoms with Gasteiger partial charge in [0.05, 0.1) is 27.4 Å². The molecule has 0 radical (unpaired) electrons. The Labute approximate surface area is 157 Å². The van der Waals surface area contributed by atoms with Gasteiger partial charge in [-0.3, -0.25) is 4.99 Å². The Morgan fingerprint density at radius 3 is 2.46 bits per heavy atom. The first-order valence-electron chi connectivity index (χ1n) is 9.54. The highest BCUT2D eigenvalue weighted by Gasteiger charge is 2.34. The summed E-state index contributed by atoms with van der Waals surface area (Å²) in [6.45, 7) is 4.13. The first kappa shape index (κ1) is 20.4. The monoisotopic (exact) mass is 363 g/mol. The second-order valence-electron chi connectivity index (χ2n) is 6.76. The highest BCUT2D eigenvalue weighted by atomic mass is 16.5. The van der Waals surface area contributed by atoms with Crippen molar-refractivity contribution in [3.8, 4) is 11.5 Å². The molecule has 26 heavy (non-hydrogen) atoms. The minimum Gasteiger partial charge on any atom is -0.493 e. The fourth-order valence-electron chi connectivity index (χ4n) is 3.68. The second kappa shape index (κ2) is 10.3. The molecule has 1 aromatic rings. The van der Waals surface area contributed by atoms with E-state index in [0.29, 0.717) is 13.1 Å². The zero-order valence-electron chi connectivity index (χ0n) is 16.3. The van der Waals surface area contributed by atoms with Gasteiger partial charge in [-0.25, -0.2) is 0 Å². The lowest BCUT2D eigenvalue weighted by Crippen LogP contribution is -2.41. The topological polar surface area (TPSA) is 75.1 Å². The summed E-state index contributed by atoms with van der Waals surface area (Å²) in [6.07, 6.45) is 5.94. The third-order valence-electron chi connectivity index (χ3n) is 5.09.